The molecule has 2 rings (SSSR count). The highest BCUT2D eigenvalue weighted by Gasteiger charge is 2.38. The Hall–Kier alpha value is -1.86. The van der Waals surface area contributed by atoms with Crippen LogP contribution in [0.25, 0.3) is 0 Å². The minimum atomic E-state index is -1.48. The summed E-state index contributed by atoms with van der Waals surface area (Å²) in [6, 6.07) is 0. The quantitative estimate of drug-likeness (QED) is 0.598. The fourth-order valence-corrected chi connectivity index (χ4v) is 1.78. The van der Waals surface area contributed by atoms with Crippen molar-refractivity contribution < 1.29 is 24.4 Å². The first kappa shape index (κ1) is 12.6. The monoisotopic (exact) mass is 257 g/mol. The Labute approximate surface area is 101 Å². The topological polar surface area (TPSA) is 103 Å². The highest BCUT2D eigenvalue weighted by molar-refractivity contribution is 5.28. The molecule has 1 aliphatic rings. The summed E-state index contributed by atoms with van der Waals surface area (Å²) >= 11 is 0. The van der Waals surface area contributed by atoms with Gasteiger partial charge in [-0.15, -0.1) is 0 Å². The summed E-state index contributed by atoms with van der Waals surface area (Å²) in [6.07, 6.45) is -1.60. The van der Waals surface area contributed by atoms with Crippen molar-refractivity contribution in [2.75, 3.05) is 6.61 Å². The molecule has 18 heavy (non-hydrogen) atoms. The third-order valence-electron chi connectivity index (χ3n) is 2.85. The van der Waals surface area contributed by atoms with Gasteiger partial charge in [0.15, 0.2) is 23.7 Å². The highest BCUT2D eigenvalue weighted by atomic mass is 19.1. The largest absolute Gasteiger partial charge is 0.506 e. The molecule has 98 valence electrons. The van der Waals surface area contributed by atoms with Crippen molar-refractivity contribution in [1.29, 1.82) is 0 Å². The first-order valence-electron chi connectivity index (χ1n) is 5.22. The number of aromatic nitrogens is 1. The average molecular weight is 257 g/mol. The number of nitrogens with one attached hydrogen (secondary N) is 1. The second kappa shape index (κ2) is 4.43. The molecule has 4 N–H and O–H groups in total. The second-order valence-corrected chi connectivity index (χ2v) is 3.96. The Morgan fingerprint density at radius 1 is 1.56 bits per heavy atom. The van der Waals surface area contributed by atoms with Gasteiger partial charge in [-0.05, 0) is 6.92 Å². The maximum absolute atomic E-state index is 13.9. The minimum Gasteiger partial charge on any atom is -0.506 e. The molecule has 0 spiro atoms. The summed E-state index contributed by atoms with van der Waals surface area (Å²) in [4.78, 5) is 13.5. The van der Waals surface area contributed by atoms with E-state index in [9.17, 15) is 19.4 Å². The van der Waals surface area contributed by atoms with E-state index < -0.39 is 36.0 Å². The number of halogens is 1. The van der Waals surface area contributed by atoms with E-state index in [0.717, 1.165) is 6.20 Å². The number of ether oxygens (including phenoxy) is 1. The zero-order chi connectivity index (χ0) is 13.4. The summed E-state index contributed by atoms with van der Waals surface area (Å²) in [5, 5.41) is 28.0. The average Bonchev–Trinajstić information content (AvgIpc) is 2.64. The summed E-state index contributed by atoms with van der Waals surface area (Å²) in [5.41, 5.74) is -0.807. The molecule has 0 radical (unpaired) electrons. The molecule has 0 saturated carbocycles. The summed E-state index contributed by atoms with van der Waals surface area (Å²) in [6.45, 7) is 0.683. The lowest BCUT2D eigenvalue weighted by molar-refractivity contribution is 0.0299. The van der Waals surface area contributed by atoms with Gasteiger partial charge in [-0.3, -0.25) is 4.79 Å². The van der Waals surface area contributed by atoms with Gasteiger partial charge in [0.2, 0.25) is 0 Å². The van der Waals surface area contributed by atoms with Gasteiger partial charge in [-0.25, -0.2) is 4.39 Å². The number of H-pyrrole nitrogens is 1. The summed E-state index contributed by atoms with van der Waals surface area (Å²) in [7, 11) is 0. The molecule has 1 unspecified atom stereocenters. The van der Waals surface area contributed by atoms with Gasteiger partial charge in [-0.2, -0.15) is 0 Å². The lowest BCUT2D eigenvalue weighted by Crippen LogP contribution is -2.21. The van der Waals surface area contributed by atoms with E-state index in [2.05, 4.69) is 4.98 Å². The number of aliphatic hydroxyl groups is 3. The van der Waals surface area contributed by atoms with Crippen LogP contribution < -0.4 is 5.56 Å². The molecular formula is C11H12FNO5. The van der Waals surface area contributed by atoms with Gasteiger partial charge >= 0.3 is 0 Å². The van der Waals surface area contributed by atoms with Crippen LogP contribution in [0.1, 0.15) is 17.2 Å². The zero-order valence-electron chi connectivity index (χ0n) is 9.48. The van der Waals surface area contributed by atoms with Crippen LogP contribution in [-0.4, -0.2) is 33.0 Å². The molecule has 1 aromatic rings. The van der Waals surface area contributed by atoms with E-state index in [4.69, 9.17) is 9.84 Å². The maximum Gasteiger partial charge on any atom is 0.253 e. The van der Waals surface area contributed by atoms with E-state index in [1.54, 1.807) is 0 Å². The number of pyridine rings is 1. The van der Waals surface area contributed by atoms with Crippen molar-refractivity contribution in [2.24, 2.45) is 0 Å². The highest BCUT2D eigenvalue weighted by Crippen LogP contribution is 2.35. The Morgan fingerprint density at radius 3 is 2.78 bits per heavy atom. The molecule has 6 nitrogen and oxygen atoms in total. The van der Waals surface area contributed by atoms with Crippen molar-refractivity contribution in [1.82, 2.24) is 4.98 Å². The maximum atomic E-state index is 13.9. The van der Waals surface area contributed by atoms with E-state index in [0.29, 0.717) is 0 Å². The van der Waals surface area contributed by atoms with Crippen molar-refractivity contribution in [3.05, 3.63) is 45.0 Å². The molecule has 1 aliphatic heterocycles. The predicted molar refractivity (Wildman–Crippen MR) is 58.3 cm³/mol. The number of aromatic amines is 1. The van der Waals surface area contributed by atoms with E-state index in [1.807, 2.05) is 0 Å². The Balaban J connectivity index is 2.42. The lowest BCUT2D eigenvalue weighted by Gasteiger charge is -2.16. The third kappa shape index (κ3) is 1.77. The van der Waals surface area contributed by atoms with Crippen molar-refractivity contribution in [3.8, 4) is 0 Å². The molecule has 0 fully saturated rings. The lowest BCUT2D eigenvalue weighted by atomic mass is 10.0. The van der Waals surface area contributed by atoms with Gasteiger partial charge in [0.25, 0.3) is 5.56 Å². The van der Waals surface area contributed by atoms with E-state index in [1.165, 1.54) is 6.92 Å². The normalized spacial score (nSPS) is 23.3. The molecular weight excluding hydrogens is 245 g/mol. The first-order valence-corrected chi connectivity index (χ1v) is 5.22. The van der Waals surface area contributed by atoms with Crippen LogP contribution in [-0.2, 0) is 4.74 Å². The van der Waals surface area contributed by atoms with Crippen molar-refractivity contribution >= 4 is 0 Å². The van der Waals surface area contributed by atoms with Gasteiger partial charge < -0.3 is 25.0 Å². The van der Waals surface area contributed by atoms with E-state index in [-0.39, 0.29) is 16.9 Å². The number of hydrogen-bond acceptors (Lipinski definition) is 5. The van der Waals surface area contributed by atoms with Crippen LogP contribution in [0.4, 0.5) is 4.39 Å². The molecule has 0 saturated heterocycles. The molecule has 0 aromatic carbocycles. The molecule has 0 amide bonds. The number of aliphatic hydroxyl groups excluding tert-OH is 3. The van der Waals surface area contributed by atoms with Crippen LogP contribution in [0, 0.1) is 12.7 Å². The van der Waals surface area contributed by atoms with Crippen LogP contribution >= 0.6 is 0 Å². The van der Waals surface area contributed by atoms with Crippen molar-refractivity contribution in [2.45, 2.75) is 19.1 Å². The van der Waals surface area contributed by atoms with Gasteiger partial charge in [0.1, 0.15) is 12.4 Å². The third-order valence-corrected chi connectivity index (χ3v) is 2.85. The molecule has 1 aromatic heterocycles. The van der Waals surface area contributed by atoms with Crippen LogP contribution in [0.5, 0.6) is 0 Å². The first-order chi connectivity index (χ1) is 8.47. The molecule has 2 heterocycles. The van der Waals surface area contributed by atoms with E-state index >= 15 is 0 Å². The van der Waals surface area contributed by atoms with Gasteiger partial charge in [0, 0.05) is 11.8 Å². The molecule has 7 heteroatoms. The second-order valence-electron chi connectivity index (χ2n) is 3.96. The van der Waals surface area contributed by atoms with Gasteiger partial charge in [0.05, 0.1) is 5.56 Å². The molecule has 0 aliphatic carbocycles. The van der Waals surface area contributed by atoms with Crippen LogP contribution in [0.15, 0.2) is 22.5 Å². The Bertz CT molecular complexity index is 565. The zero-order valence-corrected chi connectivity index (χ0v) is 9.48. The van der Waals surface area contributed by atoms with Crippen LogP contribution in [0.2, 0.25) is 0 Å². The van der Waals surface area contributed by atoms with Crippen LogP contribution in [0.3, 0.4) is 0 Å². The van der Waals surface area contributed by atoms with Crippen molar-refractivity contribution in [3.63, 3.8) is 0 Å². The minimum absolute atomic E-state index is 0.0883. The fourth-order valence-electron chi connectivity index (χ4n) is 1.78. The Kier molecular flexibility index (Phi) is 3.10. The Morgan fingerprint density at radius 2 is 2.22 bits per heavy atom. The van der Waals surface area contributed by atoms with Gasteiger partial charge in [-0.1, -0.05) is 0 Å². The number of rotatable bonds is 2. The SMILES string of the molecule is Cc1c(F)c([C@@H]2OC(CO)=C(O)C2O)c[nH]c1=O. The molecule has 0 bridgehead atoms. The molecule has 2 atom stereocenters. The standard InChI is InChI=1S/C11H12FNO5/c1-4-7(12)5(2-13-11(4)17)10-9(16)8(15)6(3-14)18-10/h2,9-10,14-16H,3H2,1H3,(H,13,17)/t9?,10-/m0/s1. The number of hydrogen-bond donors (Lipinski definition) is 4. The fraction of sp³-hybridized carbons (Fsp3) is 0.364. The summed E-state index contributed by atoms with van der Waals surface area (Å²) in [5.74, 6) is -1.56. The smallest absolute Gasteiger partial charge is 0.253 e. The summed E-state index contributed by atoms with van der Waals surface area (Å²) < 4.78 is 18.9. The predicted octanol–water partition coefficient (Wildman–Crippen LogP) is 0.0165.